The van der Waals surface area contributed by atoms with Crippen LogP contribution in [-0.2, 0) is 0 Å². The molecule has 4 heteroatoms. The van der Waals surface area contributed by atoms with Crippen LogP contribution < -0.4 is 9.47 Å². The second-order valence-corrected chi connectivity index (χ2v) is 8.85. The van der Waals surface area contributed by atoms with Crippen LogP contribution in [0, 0.1) is 0 Å². The summed E-state index contributed by atoms with van der Waals surface area (Å²) in [6.07, 6.45) is 13.6. The Labute approximate surface area is 190 Å². The lowest BCUT2D eigenvalue weighted by molar-refractivity contribution is 0.301. The number of alkyl halides is 1. The second-order valence-electron chi connectivity index (χ2n) is 7.65. The van der Waals surface area contributed by atoms with Crippen LogP contribution >= 0.6 is 27.5 Å². The van der Waals surface area contributed by atoms with Crippen molar-refractivity contribution in [2.45, 2.75) is 77.6 Å². The number of halogens is 2. The van der Waals surface area contributed by atoms with Crippen LogP contribution in [-0.4, -0.2) is 18.5 Å². The Bertz CT molecular complexity index is 705. The van der Waals surface area contributed by atoms with Gasteiger partial charge in [-0.3, -0.25) is 0 Å². The van der Waals surface area contributed by atoms with Crippen molar-refractivity contribution >= 4 is 38.3 Å². The molecule has 0 spiro atoms. The molecular weight excluding hydrogens is 448 g/mol. The molecule has 0 N–H and O–H groups in total. The molecule has 0 aliphatic heterocycles. The van der Waals surface area contributed by atoms with Crippen LogP contribution in [0.3, 0.4) is 0 Å². The highest BCUT2D eigenvalue weighted by molar-refractivity contribution is 9.09. The average molecular weight is 484 g/mol. The van der Waals surface area contributed by atoms with Gasteiger partial charge >= 0.3 is 0 Å². The molecule has 0 unspecified atom stereocenters. The van der Waals surface area contributed by atoms with Gasteiger partial charge < -0.3 is 9.47 Å². The molecule has 0 amide bonds. The van der Waals surface area contributed by atoms with Crippen LogP contribution in [0.4, 0.5) is 0 Å². The summed E-state index contributed by atoms with van der Waals surface area (Å²) in [6, 6.07) is 10.2. The largest absolute Gasteiger partial charge is 0.493 e. The first-order valence-electron chi connectivity index (χ1n) is 11.3. The first kappa shape index (κ1) is 24.3. The fourth-order valence-electron chi connectivity index (χ4n) is 3.51. The molecule has 0 aliphatic carbocycles. The molecule has 0 aromatic heterocycles. The molecule has 2 rings (SSSR count). The summed E-state index contributed by atoms with van der Waals surface area (Å²) in [5.74, 6) is 1.65. The lowest BCUT2D eigenvalue weighted by Gasteiger charge is -2.15. The zero-order chi connectivity index (χ0) is 20.7. The second kappa shape index (κ2) is 15.0. The molecule has 0 aliphatic rings. The molecule has 0 heterocycles. The molecule has 162 valence electrons. The highest BCUT2D eigenvalue weighted by atomic mass is 79.9. The number of fused-ring (bicyclic) bond motifs is 1. The van der Waals surface area contributed by atoms with E-state index in [1.807, 2.05) is 18.2 Å². The van der Waals surface area contributed by atoms with Crippen molar-refractivity contribution in [3.63, 3.8) is 0 Å². The topological polar surface area (TPSA) is 18.5 Å². The Hall–Kier alpha value is -0.930. The van der Waals surface area contributed by atoms with Gasteiger partial charge in [-0.2, -0.15) is 0 Å². The quantitative estimate of drug-likeness (QED) is 0.175. The Kier molecular flexibility index (Phi) is 12.6. The van der Waals surface area contributed by atoms with E-state index >= 15 is 0 Å². The summed E-state index contributed by atoms with van der Waals surface area (Å²) in [4.78, 5) is 0. The minimum absolute atomic E-state index is 0.641. The predicted octanol–water partition coefficient (Wildman–Crippen LogP) is 8.96. The fourth-order valence-corrected chi connectivity index (χ4v) is 4.17. The van der Waals surface area contributed by atoms with Gasteiger partial charge in [0.1, 0.15) is 11.5 Å². The van der Waals surface area contributed by atoms with Gasteiger partial charge in [-0.1, -0.05) is 110 Å². The highest BCUT2D eigenvalue weighted by Gasteiger charge is 2.13. The standard InChI is InChI=1S/C25H36BrClO2/c1-2-3-4-8-14-19-29-25-22-16-11-10-15-21(22)24(20-23(25)27)28-18-13-9-6-5-7-12-17-26/h10-11,15-16,20H,2-9,12-14,17-19H2,1H3. The average Bonchev–Trinajstić information content (AvgIpc) is 2.74. The van der Waals surface area contributed by atoms with E-state index in [0.717, 1.165) is 47.1 Å². The maximum atomic E-state index is 6.57. The van der Waals surface area contributed by atoms with Gasteiger partial charge in [0, 0.05) is 22.2 Å². The van der Waals surface area contributed by atoms with Gasteiger partial charge in [0.2, 0.25) is 0 Å². The maximum absolute atomic E-state index is 6.57. The van der Waals surface area contributed by atoms with E-state index < -0.39 is 0 Å². The fraction of sp³-hybridized carbons (Fsp3) is 0.600. The number of hydrogen-bond acceptors (Lipinski definition) is 2. The summed E-state index contributed by atoms with van der Waals surface area (Å²) in [7, 11) is 0. The summed E-state index contributed by atoms with van der Waals surface area (Å²) in [6.45, 7) is 3.68. The monoisotopic (exact) mass is 482 g/mol. The zero-order valence-electron chi connectivity index (χ0n) is 17.9. The third kappa shape index (κ3) is 8.76. The SMILES string of the molecule is CCCCCCCOc1c(Cl)cc(OCCCCCCCCBr)c2ccccc12. The molecule has 29 heavy (non-hydrogen) atoms. The van der Waals surface area contributed by atoms with Crippen molar-refractivity contribution in [3.05, 3.63) is 35.4 Å². The predicted molar refractivity (Wildman–Crippen MR) is 130 cm³/mol. The van der Waals surface area contributed by atoms with Crippen molar-refractivity contribution < 1.29 is 9.47 Å². The third-order valence-corrected chi connectivity index (χ3v) is 6.03. The number of ether oxygens (including phenoxy) is 2. The van der Waals surface area contributed by atoms with E-state index in [1.165, 1.54) is 57.8 Å². The molecular formula is C25H36BrClO2. The number of benzene rings is 2. The first-order chi connectivity index (χ1) is 14.3. The minimum Gasteiger partial charge on any atom is -0.493 e. The van der Waals surface area contributed by atoms with E-state index in [0.29, 0.717) is 11.6 Å². The number of rotatable bonds is 16. The molecule has 0 saturated heterocycles. The molecule has 0 saturated carbocycles. The van der Waals surface area contributed by atoms with Crippen LogP contribution in [0.2, 0.25) is 5.02 Å². The van der Waals surface area contributed by atoms with Crippen LogP contribution in [0.25, 0.3) is 10.8 Å². The summed E-state index contributed by atoms with van der Waals surface area (Å²) in [5.41, 5.74) is 0. The summed E-state index contributed by atoms with van der Waals surface area (Å²) < 4.78 is 12.2. The van der Waals surface area contributed by atoms with Gasteiger partial charge in [0.15, 0.2) is 0 Å². The van der Waals surface area contributed by atoms with Crippen LogP contribution in [0.1, 0.15) is 77.6 Å². The van der Waals surface area contributed by atoms with E-state index in [2.05, 4.69) is 35.0 Å². The summed E-state index contributed by atoms with van der Waals surface area (Å²) in [5, 5.41) is 3.87. The normalized spacial score (nSPS) is 11.1. The van der Waals surface area contributed by atoms with Gasteiger partial charge in [-0.15, -0.1) is 0 Å². The van der Waals surface area contributed by atoms with Crippen molar-refractivity contribution in [1.29, 1.82) is 0 Å². The van der Waals surface area contributed by atoms with Crippen molar-refractivity contribution in [2.75, 3.05) is 18.5 Å². The van der Waals surface area contributed by atoms with E-state index in [4.69, 9.17) is 21.1 Å². The van der Waals surface area contributed by atoms with Crippen LogP contribution in [0.5, 0.6) is 11.5 Å². The van der Waals surface area contributed by atoms with Gasteiger partial charge in [0.05, 0.1) is 18.2 Å². The van der Waals surface area contributed by atoms with E-state index in [-0.39, 0.29) is 0 Å². The van der Waals surface area contributed by atoms with E-state index in [9.17, 15) is 0 Å². The molecule has 0 bridgehead atoms. The van der Waals surface area contributed by atoms with Gasteiger partial charge in [-0.25, -0.2) is 0 Å². The molecule has 0 atom stereocenters. The molecule has 2 aromatic rings. The Balaban J connectivity index is 1.88. The summed E-state index contributed by atoms with van der Waals surface area (Å²) >= 11 is 10.1. The Morgan fingerprint density at radius 3 is 2.03 bits per heavy atom. The van der Waals surface area contributed by atoms with Crippen molar-refractivity contribution in [3.8, 4) is 11.5 Å². The molecule has 0 radical (unpaired) electrons. The molecule has 0 fully saturated rings. The van der Waals surface area contributed by atoms with Crippen molar-refractivity contribution in [2.24, 2.45) is 0 Å². The lowest BCUT2D eigenvalue weighted by Crippen LogP contribution is -2.01. The smallest absolute Gasteiger partial charge is 0.145 e. The molecule has 2 aromatic carbocycles. The molecule has 2 nitrogen and oxygen atoms in total. The first-order valence-corrected chi connectivity index (χ1v) is 12.8. The zero-order valence-corrected chi connectivity index (χ0v) is 20.2. The third-order valence-electron chi connectivity index (χ3n) is 5.19. The number of hydrogen-bond donors (Lipinski definition) is 0. The van der Waals surface area contributed by atoms with Gasteiger partial charge in [-0.05, 0) is 19.3 Å². The van der Waals surface area contributed by atoms with Crippen LogP contribution in [0.15, 0.2) is 30.3 Å². The maximum Gasteiger partial charge on any atom is 0.145 e. The highest BCUT2D eigenvalue weighted by Crippen LogP contribution is 2.39. The minimum atomic E-state index is 0.641. The Morgan fingerprint density at radius 1 is 0.759 bits per heavy atom. The Morgan fingerprint density at radius 2 is 1.34 bits per heavy atom. The van der Waals surface area contributed by atoms with E-state index in [1.54, 1.807) is 0 Å². The lowest BCUT2D eigenvalue weighted by atomic mass is 10.1. The van der Waals surface area contributed by atoms with Gasteiger partial charge in [0.25, 0.3) is 0 Å². The number of unbranched alkanes of at least 4 members (excludes halogenated alkanes) is 9. The van der Waals surface area contributed by atoms with Crippen molar-refractivity contribution in [1.82, 2.24) is 0 Å².